The van der Waals surface area contributed by atoms with Gasteiger partial charge in [0.15, 0.2) is 5.82 Å². The van der Waals surface area contributed by atoms with Gasteiger partial charge in [-0.2, -0.15) is 5.10 Å². The third-order valence-corrected chi connectivity index (χ3v) is 7.24. The summed E-state index contributed by atoms with van der Waals surface area (Å²) in [6.07, 6.45) is 3.27. The van der Waals surface area contributed by atoms with E-state index in [-0.39, 0.29) is 29.7 Å². The minimum atomic E-state index is -0.606. The second-order valence-electron chi connectivity index (χ2n) is 10.5. The molecule has 2 N–H and O–H groups in total. The van der Waals surface area contributed by atoms with Crippen LogP contribution in [0.25, 0.3) is 22.8 Å². The number of amides is 1. The number of aromatic nitrogens is 5. The summed E-state index contributed by atoms with van der Waals surface area (Å²) in [5.74, 6) is 1.05. The third-order valence-electron chi connectivity index (χ3n) is 7.24. The van der Waals surface area contributed by atoms with Crippen LogP contribution in [0.4, 0.5) is 4.39 Å². The van der Waals surface area contributed by atoms with Crippen LogP contribution in [0.1, 0.15) is 29.9 Å². The molecule has 2 fully saturated rings. The van der Waals surface area contributed by atoms with E-state index in [0.717, 1.165) is 11.1 Å². The highest BCUT2D eigenvalue weighted by atomic mass is 19.1. The van der Waals surface area contributed by atoms with Crippen molar-refractivity contribution in [3.05, 3.63) is 78.0 Å². The Morgan fingerprint density at radius 3 is 2.39 bits per heavy atom. The maximum absolute atomic E-state index is 13.5. The molecule has 1 saturated carbocycles. The number of rotatable bonds is 6. The lowest BCUT2D eigenvalue weighted by Crippen LogP contribution is -2.34. The fourth-order valence-electron chi connectivity index (χ4n) is 5.03. The first-order chi connectivity index (χ1) is 18.2. The zero-order chi connectivity index (χ0) is 26.6. The van der Waals surface area contributed by atoms with Gasteiger partial charge in [-0.25, -0.2) is 19.3 Å². The molecule has 4 aromatic rings. The number of piperidine rings is 1. The summed E-state index contributed by atoms with van der Waals surface area (Å²) in [6, 6.07) is 13.5. The molecule has 0 bridgehead atoms. The first-order valence-electron chi connectivity index (χ1n) is 12.5. The van der Waals surface area contributed by atoms with Crippen molar-refractivity contribution >= 4 is 5.91 Å². The van der Waals surface area contributed by atoms with E-state index in [1.165, 1.54) is 12.1 Å². The average Bonchev–Trinajstić information content (AvgIpc) is 3.22. The number of hydrogen-bond donors (Lipinski definition) is 1. The Balaban J connectivity index is 1.16. The van der Waals surface area contributed by atoms with Crippen LogP contribution in [0.3, 0.4) is 0 Å². The Morgan fingerprint density at radius 1 is 1.05 bits per heavy atom. The Bertz CT molecular complexity index is 1490. The van der Waals surface area contributed by atoms with E-state index in [1.807, 2.05) is 30.9 Å². The Kier molecular flexibility index (Phi) is 5.71. The number of pyridine rings is 1. The van der Waals surface area contributed by atoms with Gasteiger partial charge in [0, 0.05) is 67.6 Å². The number of aryl methyl sites for hydroxylation is 1. The van der Waals surface area contributed by atoms with E-state index in [9.17, 15) is 9.18 Å². The molecule has 4 heterocycles. The quantitative estimate of drug-likeness (QED) is 0.420. The molecular weight excluding hydrogens is 485 g/mol. The summed E-state index contributed by atoms with van der Waals surface area (Å²) in [5.41, 5.74) is 9.17. The number of nitrogens with zero attached hydrogens (tertiary/aromatic N) is 6. The fraction of sp³-hybridized carbons (Fsp3) is 0.321. The molecular formula is C28H28FN7O2. The van der Waals surface area contributed by atoms with Crippen molar-refractivity contribution in [2.24, 2.45) is 24.6 Å². The summed E-state index contributed by atoms with van der Waals surface area (Å²) >= 11 is 0. The average molecular weight is 514 g/mol. The molecule has 1 aliphatic heterocycles. The van der Waals surface area contributed by atoms with Gasteiger partial charge in [-0.1, -0.05) is 0 Å². The summed E-state index contributed by atoms with van der Waals surface area (Å²) < 4.78 is 21.4. The predicted molar refractivity (Wildman–Crippen MR) is 138 cm³/mol. The van der Waals surface area contributed by atoms with E-state index in [1.54, 1.807) is 48.4 Å². The molecule has 3 atom stereocenters. The summed E-state index contributed by atoms with van der Waals surface area (Å²) in [6.45, 7) is 5.04. The maximum atomic E-state index is 13.5. The molecule has 0 spiro atoms. The predicted octanol–water partition coefficient (Wildman–Crippen LogP) is 3.42. The second-order valence-corrected chi connectivity index (χ2v) is 10.5. The highest BCUT2D eigenvalue weighted by Gasteiger charge is 2.59. The molecule has 3 aromatic heterocycles. The second kappa shape index (κ2) is 8.98. The first-order valence-corrected chi connectivity index (χ1v) is 12.5. The van der Waals surface area contributed by atoms with Gasteiger partial charge in [-0.3, -0.25) is 9.48 Å². The van der Waals surface area contributed by atoms with Gasteiger partial charge in [-0.15, -0.1) is 0 Å². The van der Waals surface area contributed by atoms with E-state index in [0.29, 0.717) is 41.9 Å². The molecule has 2 aliphatic rings. The smallest absolute Gasteiger partial charge is 0.272 e. The van der Waals surface area contributed by atoms with Crippen LogP contribution in [0.5, 0.6) is 5.88 Å². The standard InChI is InChI=1S/C28H28FN7O2/c1-28(2,30)17-11-21(16-5-7-18(29)8-6-16)33-24(12-17)38-25-19-14-36(15-20(19)25)27(37)23-13-22(34-35(23)3)26-31-9-4-10-32-26/h4-13,19-20,25H,14-15,30H2,1-3H3/t19-,20+,25-. The molecule has 1 amide bonds. The van der Waals surface area contributed by atoms with Gasteiger partial charge in [0.25, 0.3) is 5.91 Å². The van der Waals surface area contributed by atoms with Crippen molar-refractivity contribution in [2.75, 3.05) is 13.1 Å². The number of ether oxygens (including phenoxy) is 1. The topological polar surface area (TPSA) is 112 Å². The van der Waals surface area contributed by atoms with Crippen LogP contribution in [-0.2, 0) is 12.6 Å². The van der Waals surface area contributed by atoms with E-state index >= 15 is 0 Å². The van der Waals surface area contributed by atoms with Crippen LogP contribution < -0.4 is 10.5 Å². The van der Waals surface area contributed by atoms with Gasteiger partial charge >= 0.3 is 0 Å². The first kappa shape index (κ1) is 24.2. The number of benzene rings is 1. The monoisotopic (exact) mass is 513 g/mol. The number of likely N-dealkylation sites (tertiary alicyclic amines) is 1. The molecule has 38 heavy (non-hydrogen) atoms. The van der Waals surface area contributed by atoms with Crippen LogP contribution in [0.2, 0.25) is 0 Å². The molecule has 6 rings (SSSR count). The van der Waals surface area contributed by atoms with Crippen LogP contribution >= 0.6 is 0 Å². The molecule has 9 nitrogen and oxygen atoms in total. The lowest BCUT2D eigenvalue weighted by molar-refractivity contribution is 0.0740. The Labute approximate surface area is 219 Å². The summed E-state index contributed by atoms with van der Waals surface area (Å²) in [4.78, 5) is 28.2. The molecule has 0 radical (unpaired) electrons. The van der Waals surface area contributed by atoms with Crippen LogP contribution in [0.15, 0.2) is 60.9 Å². The zero-order valence-electron chi connectivity index (χ0n) is 21.4. The number of carbonyl (C=O) groups excluding carboxylic acids is 1. The van der Waals surface area contributed by atoms with Gasteiger partial charge in [0.1, 0.15) is 23.3 Å². The minimum Gasteiger partial charge on any atom is -0.474 e. The SMILES string of the molecule is Cn1nc(-c2ncccn2)cc1C(=O)N1C[C@@H]2[C@H](C1)[C@@H]2Oc1cc(C(C)(C)N)cc(-c2ccc(F)cc2)n1. The Morgan fingerprint density at radius 2 is 1.74 bits per heavy atom. The Hall–Kier alpha value is -4.18. The maximum Gasteiger partial charge on any atom is 0.272 e. The van der Waals surface area contributed by atoms with Crippen molar-refractivity contribution in [3.8, 4) is 28.7 Å². The van der Waals surface area contributed by atoms with Crippen LogP contribution in [-0.4, -0.2) is 54.7 Å². The molecule has 0 unspecified atom stereocenters. The fourth-order valence-corrected chi connectivity index (χ4v) is 5.03. The highest BCUT2D eigenvalue weighted by molar-refractivity contribution is 5.94. The number of carbonyl (C=O) groups is 1. The largest absolute Gasteiger partial charge is 0.474 e. The van der Waals surface area contributed by atoms with Gasteiger partial charge in [0.2, 0.25) is 5.88 Å². The van der Waals surface area contributed by atoms with Crippen molar-refractivity contribution in [2.45, 2.75) is 25.5 Å². The summed E-state index contributed by atoms with van der Waals surface area (Å²) in [5, 5.41) is 4.42. The zero-order valence-corrected chi connectivity index (χ0v) is 21.4. The van der Waals surface area contributed by atoms with Crippen LogP contribution in [0, 0.1) is 17.7 Å². The number of nitrogens with two attached hydrogens (primary N) is 1. The molecule has 1 saturated heterocycles. The molecule has 1 aromatic carbocycles. The normalized spacial score (nSPS) is 20.3. The van der Waals surface area contributed by atoms with E-state index in [2.05, 4.69) is 15.1 Å². The van der Waals surface area contributed by atoms with Crippen molar-refractivity contribution < 1.29 is 13.9 Å². The van der Waals surface area contributed by atoms with Gasteiger partial charge < -0.3 is 15.4 Å². The van der Waals surface area contributed by atoms with Crippen molar-refractivity contribution in [1.82, 2.24) is 29.6 Å². The highest BCUT2D eigenvalue weighted by Crippen LogP contribution is 2.48. The number of halogens is 1. The van der Waals surface area contributed by atoms with Gasteiger partial charge in [-0.05, 0) is 55.8 Å². The molecule has 10 heteroatoms. The number of fused-ring (bicyclic) bond motifs is 1. The molecule has 194 valence electrons. The number of hydrogen-bond acceptors (Lipinski definition) is 7. The van der Waals surface area contributed by atoms with Crippen molar-refractivity contribution in [3.63, 3.8) is 0 Å². The van der Waals surface area contributed by atoms with E-state index < -0.39 is 5.54 Å². The summed E-state index contributed by atoms with van der Waals surface area (Å²) in [7, 11) is 1.75. The van der Waals surface area contributed by atoms with E-state index in [4.69, 9.17) is 15.5 Å². The molecule has 1 aliphatic carbocycles. The van der Waals surface area contributed by atoms with Crippen molar-refractivity contribution in [1.29, 1.82) is 0 Å². The lowest BCUT2D eigenvalue weighted by Gasteiger charge is -2.22. The minimum absolute atomic E-state index is 0.0245. The third kappa shape index (κ3) is 4.51. The lowest BCUT2D eigenvalue weighted by atomic mass is 9.95. The van der Waals surface area contributed by atoms with Gasteiger partial charge in [0.05, 0.1) is 5.69 Å².